The fourth-order valence-corrected chi connectivity index (χ4v) is 3.84. The van der Waals surface area contributed by atoms with Crippen LogP contribution in [0.1, 0.15) is 24.4 Å². The third-order valence-electron chi connectivity index (χ3n) is 5.51. The van der Waals surface area contributed by atoms with Gasteiger partial charge in [0.05, 0.1) is 38.9 Å². The SMILES string of the molecule is COc1ccc(-c2noc(CN3CCCC(C(=O)NCc4ccccn4)C3)n2)cc1OC. The standard InChI is InChI=1S/C23H27N5O4/c1-30-19-9-8-16(12-20(19)31-2)22-26-21(32-27-22)15-28-11-5-6-17(14-28)23(29)25-13-18-7-3-4-10-24-18/h3-4,7-10,12,17H,5-6,11,13-15H2,1-2H3,(H,25,29). The summed E-state index contributed by atoms with van der Waals surface area (Å²) in [6.07, 6.45) is 3.54. The Balaban J connectivity index is 1.34. The van der Waals surface area contributed by atoms with E-state index in [0.717, 1.165) is 30.6 Å². The van der Waals surface area contributed by atoms with Crippen molar-refractivity contribution in [3.8, 4) is 22.9 Å². The minimum atomic E-state index is -0.0688. The Bertz CT molecular complexity index is 1040. The number of amides is 1. The number of hydrogen-bond acceptors (Lipinski definition) is 8. The van der Waals surface area contributed by atoms with Gasteiger partial charge in [-0.25, -0.2) is 0 Å². The van der Waals surface area contributed by atoms with Crippen LogP contribution in [0.5, 0.6) is 11.5 Å². The first-order chi connectivity index (χ1) is 15.7. The Hall–Kier alpha value is -3.46. The van der Waals surface area contributed by atoms with Crippen molar-refractivity contribution in [1.29, 1.82) is 0 Å². The molecule has 1 unspecified atom stereocenters. The Morgan fingerprint density at radius 1 is 1.22 bits per heavy atom. The maximum Gasteiger partial charge on any atom is 0.241 e. The number of benzene rings is 1. The number of carbonyl (C=O) groups excluding carboxylic acids is 1. The third-order valence-corrected chi connectivity index (χ3v) is 5.51. The van der Waals surface area contributed by atoms with Crippen molar-refractivity contribution >= 4 is 5.91 Å². The summed E-state index contributed by atoms with van der Waals surface area (Å²) in [5.74, 6) is 2.23. The lowest BCUT2D eigenvalue weighted by atomic mass is 9.97. The van der Waals surface area contributed by atoms with E-state index in [2.05, 4.69) is 25.3 Å². The van der Waals surface area contributed by atoms with Gasteiger partial charge in [-0.2, -0.15) is 4.98 Å². The number of nitrogens with zero attached hydrogens (tertiary/aromatic N) is 4. The summed E-state index contributed by atoms with van der Waals surface area (Å²) in [6.45, 7) is 2.49. The van der Waals surface area contributed by atoms with E-state index in [0.29, 0.717) is 42.8 Å². The first-order valence-corrected chi connectivity index (χ1v) is 10.6. The molecule has 0 saturated carbocycles. The molecule has 1 atom stereocenters. The molecule has 0 bridgehead atoms. The summed E-state index contributed by atoms with van der Waals surface area (Å²) in [6, 6.07) is 11.2. The van der Waals surface area contributed by atoms with Crippen molar-refractivity contribution in [2.45, 2.75) is 25.9 Å². The van der Waals surface area contributed by atoms with Crippen molar-refractivity contribution < 1.29 is 18.8 Å². The predicted octanol–water partition coefficient (Wildman–Crippen LogP) is 2.68. The van der Waals surface area contributed by atoms with Gasteiger partial charge in [-0.1, -0.05) is 11.2 Å². The van der Waals surface area contributed by atoms with Crippen LogP contribution < -0.4 is 14.8 Å². The number of rotatable bonds is 8. The fraction of sp³-hybridized carbons (Fsp3) is 0.391. The average Bonchev–Trinajstić information content (AvgIpc) is 3.31. The van der Waals surface area contributed by atoms with Gasteiger partial charge in [0.2, 0.25) is 17.6 Å². The molecule has 3 aromatic rings. The van der Waals surface area contributed by atoms with Crippen LogP contribution in [0.2, 0.25) is 0 Å². The highest BCUT2D eigenvalue weighted by Crippen LogP contribution is 2.31. The summed E-state index contributed by atoms with van der Waals surface area (Å²) in [5.41, 5.74) is 1.63. The fourth-order valence-electron chi connectivity index (χ4n) is 3.84. The second kappa shape index (κ2) is 10.2. The maximum absolute atomic E-state index is 12.6. The number of aromatic nitrogens is 3. The lowest BCUT2D eigenvalue weighted by molar-refractivity contribution is -0.127. The number of likely N-dealkylation sites (tertiary alicyclic amines) is 1. The minimum Gasteiger partial charge on any atom is -0.493 e. The summed E-state index contributed by atoms with van der Waals surface area (Å²) in [4.78, 5) is 23.6. The van der Waals surface area contributed by atoms with E-state index in [-0.39, 0.29) is 11.8 Å². The van der Waals surface area contributed by atoms with Crippen molar-refractivity contribution in [2.75, 3.05) is 27.3 Å². The highest BCUT2D eigenvalue weighted by Gasteiger charge is 2.27. The van der Waals surface area contributed by atoms with Crippen molar-refractivity contribution in [2.24, 2.45) is 5.92 Å². The molecule has 0 spiro atoms. The van der Waals surface area contributed by atoms with E-state index in [1.807, 2.05) is 36.4 Å². The lowest BCUT2D eigenvalue weighted by Crippen LogP contribution is -2.42. The second-order valence-corrected chi connectivity index (χ2v) is 7.69. The zero-order valence-corrected chi connectivity index (χ0v) is 18.3. The molecule has 3 heterocycles. The van der Waals surface area contributed by atoms with Gasteiger partial charge in [-0.3, -0.25) is 14.7 Å². The topological polar surface area (TPSA) is 103 Å². The maximum atomic E-state index is 12.6. The number of carbonyl (C=O) groups is 1. The molecule has 4 rings (SSSR count). The highest BCUT2D eigenvalue weighted by molar-refractivity contribution is 5.78. The molecule has 1 saturated heterocycles. The first kappa shape index (κ1) is 21.8. The largest absolute Gasteiger partial charge is 0.493 e. The number of ether oxygens (including phenoxy) is 2. The molecule has 1 amide bonds. The van der Waals surface area contributed by atoms with E-state index in [1.54, 1.807) is 20.4 Å². The molecule has 1 N–H and O–H groups in total. The monoisotopic (exact) mass is 437 g/mol. The Kier molecular flexibility index (Phi) is 6.96. The molecular weight excluding hydrogens is 410 g/mol. The summed E-state index contributed by atoms with van der Waals surface area (Å²) < 4.78 is 16.1. The van der Waals surface area contributed by atoms with Crippen LogP contribution >= 0.6 is 0 Å². The van der Waals surface area contributed by atoms with Crippen LogP contribution in [0.25, 0.3) is 11.4 Å². The van der Waals surface area contributed by atoms with E-state index in [1.165, 1.54) is 0 Å². The van der Waals surface area contributed by atoms with Crippen LogP contribution in [0.3, 0.4) is 0 Å². The van der Waals surface area contributed by atoms with Crippen molar-refractivity contribution in [3.05, 3.63) is 54.2 Å². The molecular formula is C23H27N5O4. The molecule has 168 valence electrons. The molecule has 1 aliphatic heterocycles. The molecule has 1 aliphatic rings. The van der Waals surface area contributed by atoms with Gasteiger partial charge in [0, 0.05) is 18.3 Å². The van der Waals surface area contributed by atoms with E-state index in [4.69, 9.17) is 14.0 Å². The zero-order chi connectivity index (χ0) is 22.3. The number of pyridine rings is 1. The molecule has 32 heavy (non-hydrogen) atoms. The average molecular weight is 438 g/mol. The molecule has 2 aromatic heterocycles. The van der Waals surface area contributed by atoms with E-state index < -0.39 is 0 Å². The van der Waals surface area contributed by atoms with E-state index >= 15 is 0 Å². The predicted molar refractivity (Wildman–Crippen MR) is 117 cm³/mol. The van der Waals surface area contributed by atoms with Crippen LogP contribution in [-0.2, 0) is 17.9 Å². The number of methoxy groups -OCH3 is 2. The molecule has 9 heteroatoms. The van der Waals surface area contributed by atoms with Gasteiger partial charge >= 0.3 is 0 Å². The van der Waals surface area contributed by atoms with Gasteiger partial charge in [0.15, 0.2) is 11.5 Å². The quantitative estimate of drug-likeness (QED) is 0.574. The highest BCUT2D eigenvalue weighted by atomic mass is 16.5. The van der Waals surface area contributed by atoms with Crippen molar-refractivity contribution in [3.63, 3.8) is 0 Å². The Morgan fingerprint density at radius 2 is 2.09 bits per heavy atom. The number of hydrogen-bond donors (Lipinski definition) is 1. The van der Waals surface area contributed by atoms with Crippen LogP contribution in [0.4, 0.5) is 0 Å². The normalized spacial score (nSPS) is 16.5. The molecule has 9 nitrogen and oxygen atoms in total. The van der Waals surface area contributed by atoms with Gasteiger partial charge in [-0.15, -0.1) is 0 Å². The molecule has 0 radical (unpaired) electrons. The zero-order valence-electron chi connectivity index (χ0n) is 18.3. The summed E-state index contributed by atoms with van der Waals surface area (Å²) in [7, 11) is 3.18. The van der Waals surface area contributed by atoms with Crippen LogP contribution in [-0.4, -0.2) is 53.2 Å². The van der Waals surface area contributed by atoms with Gasteiger partial charge in [0.1, 0.15) is 0 Å². The van der Waals surface area contributed by atoms with Crippen LogP contribution in [0.15, 0.2) is 47.1 Å². The summed E-state index contributed by atoms with van der Waals surface area (Å²) in [5, 5.41) is 7.10. The Morgan fingerprint density at radius 3 is 2.88 bits per heavy atom. The third kappa shape index (κ3) is 5.23. The smallest absolute Gasteiger partial charge is 0.241 e. The number of piperidine rings is 1. The lowest BCUT2D eigenvalue weighted by Gasteiger charge is -2.30. The van der Waals surface area contributed by atoms with Gasteiger partial charge in [-0.05, 0) is 49.7 Å². The summed E-state index contributed by atoms with van der Waals surface area (Å²) >= 11 is 0. The first-order valence-electron chi connectivity index (χ1n) is 10.6. The molecule has 0 aliphatic carbocycles. The Labute approximate surface area is 186 Å². The van der Waals surface area contributed by atoms with Crippen LogP contribution in [0, 0.1) is 5.92 Å². The second-order valence-electron chi connectivity index (χ2n) is 7.69. The molecule has 1 aromatic carbocycles. The van der Waals surface area contributed by atoms with Gasteiger partial charge < -0.3 is 19.3 Å². The van der Waals surface area contributed by atoms with Gasteiger partial charge in [0.25, 0.3) is 0 Å². The minimum absolute atomic E-state index is 0.0527. The van der Waals surface area contributed by atoms with Crippen molar-refractivity contribution in [1.82, 2.24) is 25.3 Å². The van der Waals surface area contributed by atoms with E-state index in [9.17, 15) is 4.79 Å². The molecule has 1 fully saturated rings. The number of nitrogens with one attached hydrogen (secondary N) is 1.